The van der Waals surface area contributed by atoms with E-state index < -0.39 is 5.41 Å². The van der Waals surface area contributed by atoms with E-state index in [1.165, 1.54) is 0 Å². The lowest BCUT2D eigenvalue weighted by Crippen LogP contribution is -2.52. The Morgan fingerprint density at radius 2 is 2.12 bits per heavy atom. The normalized spacial score (nSPS) is 18.8. The van der Waals surface area contributed by atoms with Gasteiger partial charge < -0.3 is 9.47 Å². The molecule has 1 aliphatic heterocycles. The Morgan fingerprint density at radius 3 is 2.79 bits per heavy atom. The third kappa shape index (κ3) is 2.34. The van der Waals surface area contributed by atoms with E-state index in [2.05, 4.69) is 21.7 Å². The Balaban J connectivity index is 1.61. The lowest BCUT2D eigenvalue weighted by Gasteiger charge is -2.44. The van der Waals surface area contributed by atoms with Crippen molar-refractivity contribution in [3.63, 3.8) is 0 Å². The van der Waals surface area contributed by atoms with Crippen LogP contribution in [-0.4, -0.2) is 32.1 Å². The minimum absolute atomic E-state index is 0.211. The van der Waals surface area contributed by atoms with Crippen LogP contribution in [0.5, 0.6) is 0 Å². The second-order valence-electron chi connectivity index (χ2n) is 6.71. The number of carbonyl (C=O) groups is 1. The first-order valence-corrected chi connectivity index (χ1v) is 8.98. The van der Waals surface area contributed by atoms with Gasteiger partial charge in [-0.05, 0) is 30.5 Å². The molecule has 1 aromatic carbocycles. The first kappa shape index (κ1) is 15.6. The summed E-state index contributed by atoms with van der Waals surface area (Å²) in [6, 6.07) is 7.77. The van der Waals surface area contributed by atoms with Crippen LogP contribution >= 0.6 is 11.6 Å². The second-order valence-corrected chi connectivity index (χ2v) is 7.15. The van der Waals surface area contributed by atoms with E-state index in [9.17, 15) is 4.79 Å². The second kappa shape index (κ2) is 5.88. The number of rotatable bonds is 3. The lowest BCUT2D eigenvalue weighted by molar-refractivity contribution is -0.142. The molecule has 5 nitrogen and oxygen atoms in total. The zero-order valence-electron chi connectivity index (χ0n) is 13.8. The summed E-state index contributed by atoms with van der Waals surface area (Å²) in [4.78, 5) is 15.3. The Bertz CT molecular complexity index is 781. The summed E-state index contributed by atoms with van der Waals surface area (Å²) in [6.45, 7) is 4.13. The van der Waals surface area contributed by atoms with E-state index in [0.29, 0.717) is 11.6 Å². The molecule has 126 valence electrons. The van der Waals surface area contributed by atoms with Gasteiger partial charge in [-0.15, -0.1) is 10.2 Å². The number of hydrogen-bond acceptors (Lipinski definition) is 3. The Morgan fingerprint density at radius 1 is 1.29 bits per heavy atom. The summed E-state index contributed by atoms with van der Waals surface area (Å²) in [5.41, 5.74) is 0.647. The van der Waals surface area contributed by atoms with E-state index in [1.54, 1.807) is 0 Å². The van der Waals surface area contributed by atoms with Crippen LogP contribution in [0.25, 0.3) is 0 Å². The van der Waals surface area contributed by atoms with Crippen molar-refractivity contribution in [1.82, 2.24) is 19.7 Å². The third-order valence-corrected chi connectivity index (χ3v) is 5.66. The van der Waals surface area contributed by atoms with Gasteiger partial charge in [-0.2, -0.15) is 0 Å². The maximum absolute atomic E-state index is 13.3. The number of aryl methyl sites for hydroxylation is 1. The first-order chi connectivity index (χ1) is 11.6. The van der Waals surface area contributed by atoms with Crippen molar-refractivity contribution in [2.45, 2.75) is 51.1 Å². The molecule has 2 heterocycles. The fourth-order valence-corrected chi connectivity index (χ4v) is 4.09. The Labute approximate surface area is 146 Å². The van der Waals surface area contributed by atoms with E-state index >= 15 is 0 Å². The Hall–Kier alpha value is -1.88. The van der Waals surface area contributed by atoms with Crippen molar-refractivity contribution in [2.24, 2.45) is 0 Å². The van der Waals surface area contributed by atoms with Crippen molar-refractivity contribution >= 4 is 17.5 Å². The van der Waals surface area contributed by atoms with Gasteiger partial charge in [0.2, 0.25) is 5.91 Å². The number of fused-ring (bicyclic) bond motifs is 1. The number of benzene rings is 1. The number of aromatic nitrogens is 3. The van der Waals surface area contributed by atoms with Gasteiger partial charge >= 0.3 is 0 Å². The molecule has 0 N–H and O–H groups in total. The molecule has 0 bridgehead atoms. The molecule has 1 aromatic heterocycles. The van der Waals surface area contributed by atoms with Crippen LogP contribution in [0.3, 0.4) is 0 Å². The molecule has 1 aliphatic carbocycles. The van der Waals surface area contributed by atoms with Gasteiger partial charge in [-0.3, -0.25) is 4.79 Å². The SMILES string of the molecule is CCc1nnc2n1CCN(C(=O)C1(c3cccc(Cl)c3)CCC1)C2. The molecule has 4 rings (SSSR count). The zero-order chi connectivity index (χ0) is 16.7. The van der Waals surface area contributed by atoms with Crippen LogP contribution in [0.1, 0.15) is 43.4 Å². The molecule has 0 unspecified atom stereocenters. The standard InChI is InChI=1S/C18H21ClN4O/c1-2-15-20-21-16-12-22(9-10-23(15)16)17(24)18(7-4-8-18)13-5-3-6-14(19)11-13/h3,5-6,11H,2,4,7-10,12H2,1H3. The number of hydrogen-bond donors (Lipinski definition) is 0. The maximum Gasteiger partial charge on any atom is 0.233 e. The predicted molar refractivity (Wildman–Crippen MR) is 91.8 cm³/mol. The summed E-state index contributed by atoms with van der Waals surface area (Å²) in [5, 5.41) is 9.20. The summed E-state index contributed by atoms with van der Waals surface area (Å²) >= 11 is 6.16. The van der Waals surface area contributed by atoms with Crippen LogP contribution in [-0.2, 0) is 29.7 Å². The molecule has 2 aromatic rings. The molecule has 1 saturated carbocycles. The summed E-state index contributed by atoms with van der Waals surface area (Å²) in [7, 11) is 0. The molecular weight excluding hydrogens is 324 g/mol. The quantitative estimate of drug-likeness (QED) is 0.860. The van der Waals surface area contributed by atoms with Gasteiger partial charge in [0.1, 0.15) is 5.82 Å². The summed E-state index contributed by atoms with van der Waals surface area (Å²) < 4.78 is 2.15. The summed E-state index contributed by atoms with van der Waals surface area (Å²) in [5.74, 6) is 2.11. The van der Waals surface area contributed by atoms with Gasteiger partial charge in [0.25, 0.3) is 0 Å². The number of halogens is 1. The topological polar surface area (TPSA) is 51.0 Å². The highest BCUT2D eigenvalue weighted by atomic mass is 35.5. The first-order valence-electron chi connectivity index (χ1n) is 8.60. The monoisotopic (exact) mass is 344 g/mol. The molecule has 0 spiro atoms. The minimum atomic E-state index is -0.402. The molecule has 2 aliphatic rings. The third-order valence-electron chi connectivity index (χ3n) is 5.43. The fourth-order valence-electron chi connectivity index (χ4n) is 3.90. The van der Waals surface area contributed by atoms with Crippen molar-refractivity contribution in [1.29, 1.82) is 0 Å². The number of amides is 1. The maximum atomic E-state index is 13.3. The average molecular weight is 345 g/mol. The van der Waals surface area contributed by atoms with Crippen LogP contribution < -0.4 is 0 Å². The highest BCUT2D eigenvalue weighted by Crippen LogP contribution is 2.46. The molecular formula is C18H21ClN4O. The smallest absolute Gasteiger partial charge is 0.233 e. The molecule has 0 atom stereocenters. The lowest BCUT2D eigenvalue weighted by atomic mass is 9.63. The zero-order valence-corrected chi connectivity index (χ0v) is 14.6. The van der Waals surface area contributed by atoms with Crippen LogP contribution in [0.15, 0.2) is 24.3 Å². The van der Waals surface area contributed by atoms with Crippen molar-refractivity contribution in [3.8, 4) is 0 Å². The van der Waals surface area contributed by atoms with E-state index in [-0.39, 0.29) is 5.91 Å². The highest BCUT2D eigenvalue weighted by molar-refractivity contribution is 6.30. The van der Waals surface area contributed by atoms with Gasteiger partial charge in [-0.25, -0.2) is 0 Å². The van der Waals surface area contributed by atoms with E-state index in [1.807, 2.05) is 29.2 Å². The number of carbonyl (C=O) groups excluding carboxylic acids is 1. The molecule has 1 amide bonds. The van der Waals surface area contributed by atoms with Gasteiger partial charge in [0.05, 0.1) is 12.0 Å². The van der Waals surface area contributed by atoms with Crippen molar-refractivity contribution in [3.05, 3.63) is 46.5 Å². The Kier molecular flexibility index (Phi) is 3.83. The van der Waals surface area contributed by atoms with Crippen LogP contribution in [0, 0.1) is 0 Å². The van der Waals surface area contributed by atoms with Crippen LogP contribution in [0.2, 0.25) is 5.02 Å². The highest BCUT2D eigenvalue weighted by Gasteiger charge is 2.48. The molecule has 0 radical (unpaired) electrons. The fraction of sp³-hybridized carbons (Fsp3) is 0.500. The van der Waals surface area contributed by atoms with E-state index in [0.717, 1.165) is 56.0 Å². The molecule has 0 saturated heterocycles. The van der Waals surface area contributed by atoms with Gasteiger partial charge in [0, 0.05) is 24.5 Å². The van der Waals surface area contributed by atoms with Crippen molar-refractivity contribution < 1.29 is 4.79 Å². The molecule has 1 fully saturated rings. The van der Waals surface area contributed by atoms with Crippen LogP contribution in [0.4, 0.5) is 0 Å². The van der Waals surface area contributed by atoms with Gasteiger partial charge in [-0.1, -0.05) is 37.1 Å². The predicted octanol–water partition coefficient (Wildman–Crippen LogP) is 2.96. The minimum Gasteiger partial charge on any atom is -0.333 e. The van der Waals surface area contributed by atoms with Gasteiger partial charge in [0.15, 0.2) is 5.82 Å². The summed E-state index contributed by atoms with van der Waals surface area (Å²) in [6.07, 6.45) is 3.75. The molecule has 6 heteroatoms. The number of nitrogens with zero attached hydrogens (tertiary/aromatic N) is 4. The van der Waals surface area contributed by atoms with Crippen molar-refractivity contribution in [2.75, 3.05) is 6.54 Å². The largest absolute Gasteiger partial charge is 0.333 e. The average Bonchev–Trinajstić information content (AvgIpc) is 2.96. The van der Waals surface area contributed by atoms with E-state index in [4.69, 9.17) is 11.6 Å². The molecule has 24 heavy (non-hydrogen) atoms.